The van der Waals surface area contributed by atoms with Gasteiger partial charge in [-0.25, -0.2) is 14.6 Å². The van der Waals surface area contributed by atoms with E-state index >= 15 is 0 Å². The van der Waals surface area contributed by atoms with Gasteiger partial charge in [0.1, 0.15) is 24.1 Å². The summed E-state index contributed by atoms with van der Waals surface area (Å²) in [5, 5.41) is 18.6. The number of hydrogen-bond acceptors (Lipinski definition) is 7. The molecule has 0 bridgehead atoms. The predicted octanol–water partition coefficient (Wildman–Crippen LogP) is 2.97. The fourth-order valence-electron chi connectivity index (χ4n) is 3.95. The van der Waals surface area contributed by atoms with E-state index in [0.717, 1.165) is 43.2 Å². The lowest BCUT2D eigenvalue weighted by molar-refractivity contribution is 0.0818. The number of nitrogens with one attached hydrogen (secondary N) is 1. The Hall–Kier alpha value is -2.33. The van der Waals surface area contributed by atoms with Crippen LogP contribution in [0.1, 0.15) is 11.1 Å². The SMILES string of the molecule is C[Si](C)(C)CCOCn1nc(NC[C@H](O)CN2CCc3ccccc3C2)c2ncncc21. The van der Waals surface area contributed by atoms with Gasteiger partial charge in [0.2, 0.25) is 0 Å². The van der Waals surface area contributed by atoms with Gasteiger partial charge in [-0.3, -0.25) is 4.90 Å². The van der Waals surface area contributed by atoms with Crippen LogP contribution in [0.25, 0.3) is 11.0 Å². The van der Waals surface area contributed by atoms with Crippen molar-refractivity contribution in [3.8, 4) is 0 Å². The molecule has 1 aliphatic heterocycles. The number of ether oxygens (including phenoxy) is 1. The van der Waals surface area contributed by atoms with Crippen molar-refractivity contribution in [3.63, 3.8) is 0 Å². The lowest BCUT2D eigenvalue weighted by atomic mass is 10.00. The number of aromatic nitrogens is 4. The average Bonchev–Trinajstić information content (AvgIpc) is 3.12. The van der Waals surface area contributed by atoms with Crippen molar-refractivity contribution in [2.24, 2.45) is 0 Å². The van der Waals surface area contributed by atoms with Crippen LogP contribution in [-0.2, 0) is 24.4 Å². The first kappa shape index (κ1) is 22.8. The Morgan fingerprint density at radius 3 is 2.84 bits per heavy atom. The second-order valence-electron chi connectivity index (χ2n) is 9.74. The minimum Gasteiger partial charge on any atom is -0.390 e. The van der Waals surface area contributed by atoms with Crippen LogP contribution in [0.5, 0.6) is 0 Å². The molecule has 32 heavy (non-hydrogen) atoms. The first-order chi connectivity index (χ1) is 15.4. The standard InChI is InChI=1S/C23H34N6O2Si/c1-32(2,3)11-10-31-17-29-21-13-24-16-26-22(21)23(27-29)25-12-20(30)15-28-9-8-18-6-4-5-7-19(18)14-28/h4-7,13,16,20,30H,8-12,14-15,17H2,1-3H3,(H,25,27)/t20-/m0/s1. The number of rotatable bonds is 10. The second-order valence-corrected chi connectivity index (χ2v) is 15.4. The maximum Gasteiger partial charge on any atom is 0.175 e. The van der Waals surface area contributed by atoms with Crippen LogP contribution in [0, 0.1) is 0 Å². The van der Waals surface area contributed by atoms with E-state index in [4.69, 9.17) is 4.74 Å². The molecule has 0 amide bonds. The Kier molecular flexibility index (Phi) is 7.19. The summed E-state index contributed by atoms with van der Waals surface area (Å²) in [4.78, 5) is 10.8. The summed E-state index contributed by atoms with van der Waals surface area (Å²) in [6.45, 7) is 11.0. The molecule has 9 heteroatoms. The number of hydrogen-bond donors (Lipinski definition) is 2. The normalized spacial score (nSPS) is 15.6. The highest BCUT2D eigenvalue weighted by Gasteiger charge is 2.19. The monoisotopic (exact) mass is 454 g/mol. The maximum atomic E-state index is 10.6. The van der Waals surface area contributed by atoms with Gasteiger partial charge in [-0.05, 0) is 23.6 Å². The third kappa shape index (κ3) is 5.92. The number of nitrogens with zero attached hydrogens (tertiary/aromatic N) is 5. The van der Waals surface area contributed by atoms with Crippen molar-refractivity contribution in [2.45, 2.75) is 51.5 Å². The fraction of sp³-hybridized carbons (Fsp3) is 0.522. The van der Waals surface area contributed by atoms with Gasteiger partial charge in [-0.15, -0.1) is 0 Å². The van der Waals surface area contributed by atoms with Gasteiger partial charge in [0, 0.05) is 40.9 Å². The molecule has 172 valence electrons. The van der Waals surface area contributed by atoms with Gasteiger partial charge >= 0.3 is 0 Å². The molecule has 0 fully saturated rings. The van der Waals surface area contributed by atoms with Gasteiger partial charge in [0.15, 0.2) is 5.82 Å². The number of anilines is 1. The number of benzene rings is 1. The van der Waals surface area contributed by atoms with Crippen molar-refractivity contribution < 1.29 is 9.84 Å². The van der Waals surface area contributed by atoms with Gasteiger partial charge in [-0.1, -0.05) is 43.9 Å². The summed E-state index contributed by atoms with van der Waals surface area (Å²) in [5.41, 5.74) is 4.34. The van der Waals surface area contributed by atoms with Crippen molar-refractivity contribution in [2.75, 3.05) is 31.6 Å². The highest BCUT2D eigenvalue weighted by molar-refractivity contribution is 6.76. The first-order valence-corrected chi connectivity index (χ1v) is 15.0. The van der Waals surface area contributed by atoms with E-state index in [1.807, 2.05) is 0 Å². The summed E-state index contributed by atoms with van der Waals surface area (Å²) < 4.78 is 7.66. The lowest BCUT2D eigenvalue weighted by Crippen LogP contribution is -2.39. The molecule has 4 rings (SSSR count). The predicted molar refractivity (Wildman–Crippen MR) is 129 cm³/mol. The zero-order chi connectivity index (χ0) is 22.6. The van der Waals surface area contributed by atoms with E-state index in [2.05, 4.69) is 69.2 Å². The minimum atomic E-state index is -1.13. The van der Waals surface area contributed by atoms with Gasteiger partial charge in [-0.2, -0.15) is 5.10 Å². The third-order valence-electron chi connectivity index (χ3n) is 5.81. The molecule has 3 aromatic rings. The Bertz CT molecular complexity index is 1030. The largest absolute Gasteiger partial charge is 0.390 e. The number of aliphatic hydroxyl groups is 1. The van der Waals surface area contributed by atoms with Crippen LogP contribution in [-0.4, -0.2) is 70.2 Å². The Morgan fingerprint density at radius 1 is 1.22 bits per heavy atom. The van der Waals surface area contributed by atoms with Crippen LogP contribution in [0.3, 0.4) is 0 Å². The topological polar surface area (TPSA) is 88.3 Å². The number of aliphatic hydroxyl groups excluding tert-OH is 1. The molecule has 0 aliphatic carbocycles. The van der Waals surface area contributed by atoms with Crippen molar-refractivity contribution in [1.82, 2.24) is 24.6 Å². The van der Waals surface area contributed by atoms with Gasteiger partial charge < -0.3 is 15.2 Å². The molecule has 3 heterocycles. The molecule has 8 nitrogen and oxygen atoms in total. The number of β-amino-alcohol motifs (C(OH)–C–C–N with tert-alkyl or cyclic N) is 1. The molecular formula is C23H34N6O2Si. The molecule has 1 aliphatic rings. The van der Waals surface area contributed by atoms with E-state index in [1.54, 1.807) is 10.9 Å². The van der Waals surface area contributed by atoms with E-state index in [9.17, 15) is 5.11 Å². The maximum absolute atomic E-state index is 10.6. The van der Waals surface area contributed by atoms with Crippen LogP contribution in [0.2, 0.25) is 25.7 Å². The molecule has 0 radical (unpaired) electrons. The summed E-state index contributed by atoms with van der Waals surface area (Å²) >= 11 is 0. The van der Waals surface area contributed by atoms with Crippen LogP contribution < -0.4 is 5.32 Å². The zero-order valence-corrected chi connectivity index (χ0v) is 20.3. The van der Waals surface area contributed by atoms with Gasteiger partial charge in [0.05, 0.1) is 12.3 Å². The number of fused-ring (bicyclic) bond motifs is 2. The van der Waals surface area contributed by atoms with Crippen molar-refractivity contribution in [3.05, 3.63) is 47.9 Å². The molecular weight excluding hydrogens is 420 g/mol. The molecule has 0 saturated heterocycles. The second kappa shape index (κ2) is 10.1. The summed E-state index contributed by atoms with van der Waals surface area (Å²) in [7, 11) is -1.13. The smallest absolute Gasteiger partial charge is 0.175 e. The third-order valence-corrected chi connectivity index (χ3v) is 7.51. The molecule has 0 unspecified atom stereocenters. The quantitative estimate of drug-likeness (QED) is 0.360. The molecule has 0 saturated carbocycles. The minimum absolute atomic E-state index is 0.367. The van der Waals surface area contributed by atoms with E-state index in [1.165, 1.54) is 17.5 Å². The Labute approximate surface area is 190 Å². The van der Waals surface area contributed by atoms with E-state index in [-0.39, 0.29) is 0 Å². The summed E-state index contributed by atoms with van der Waals surface area (Å²) in [6.07, 6.45) is 3.80. The molecule has 0 spiro atoms. The Morgan fingerprint density at radius 2 is 2.03 bits per heavy atom. The van der Waals surface area contributed by atoms with Crippen molar-refractivity contribution >= 4 is 24.9 Å². The fourth-order valence-corrected chi connectivity index (χ4v) is 4.71. The first-order valence-electron chi connectivity index (χ1n) is 11.3. The van der Waals surface area contributed by atoms with Crippen molar-refractivity contribution in [1.29, 1.82) is 0 Å². The molecule has 2 aromatic heterocycles. The summed E-state index contributed by atoms with van der Waals surface area (Å²) in [6, 6.07) is 9.66. The highest BCUT2D eigenvalue weighted by atomic mass is 28.3. The Balaban J connectivity index is 1.33. The molecule has 2 N–H and O–H groups in total. The highest BCUT2D eigenvalue weighted by Crippen LogP contribution is 2.21. The van der Waals surface area contributed by atoms with Crippen LogP contribution in [0.15, 0.2) is 36.8 Å². The van der Waals surface area contributed by atoms with Gasteiger partial charge in [0.25, 0.3) is 0 Å². The summed E-state index contributed by atoms with van der Waals surface area (Å²) in [5.74, 6) is 0.652. The van der Waals surface area contributed by atoms with Crippen LogP contribution >= 0.6 is 0 Å². The van der Waals surface area contributed by atoms with E-state index < -0.39 is 14.2 Å². The van der Waals surface area contributed by atoms with Crippen LogP contribution in [0.4, 0.5) is 5.82 Å². The molecule has 1 atom stereocenters. The van der Waals surface area contributed by atoms with E-state index in [0.29, 0.717) is 25.6 Å². The lowest BCUT2D eigenvalue weighted by Gasteiger charge is -2.30. The molecule has 1 aromatic carbocycles. The zero-order valence-electron chi connectivity index (χ0n) is 19.3. The average molecular weight is 455 g/mol.